The minimum atomic E-state index is 0.282. The third-order valence-corrected chi connectivity index (χ3v) is 3.87. The third kappa shape index (κ3) is 3.05. The number of anilines is 1. The first-order valence-corrected chi connectivity index (χ1v) is 6.48. The van der Waals surface area contributed by atoms with Crippen LogP contribution in [0, 0.1) is 6.92 Å². The number of nitrogen functional groups attached to an aromatic ring is 1. The van der Waals surface area contributed by atoms with Gasteiger partial charge < -0.3 is 11.1 Å². The summed E-state index contributed by atoms with van der Waals surface area (Å²) >= 11 is 1.56. The number of aromatic nitrogens is 1. The number of hydrogen-bond donors (Lipinski definition) is 2. The number of nitrogens with one attached hydrogen (secondary N) is 1. The average molecular weight is 247 g/mol. The highest BCUT2D eigenvalue weighted by Crippen LogP contribution is 2.26. The van der Waals surface area contributed by atoms with Crippen LogP contribution in [0.15, 0.2) is 30.3 Å². The molecule has 0 spiro atoms. The molecule has 0 aliphatic carbocycles. The van der Waals surface area contributed by atoms with Crippen molar-refractivity contribution in [2.45, 2.75) is 26.4 Å². The molecular formula is C13H17N3S. The predicted molar refractivity (Wildman–Crippen MR) is 73.0 cm³/mol. The van der Waals surface area contributed by atoms with Gasteiger partial charge in [0.15, 0.2) is 5.13 Å². The number of benzene rings is 1. The van der Waals surface area contributed by atoms with Gasteiger partial charge in [0.25, 0.3) is 0 Å². The van der Waals surface area contributed by atoms with E-state index in [0.29, 0.717) is 5.13 Å². The van der Waals surface area contributed by atoms with Gasteiger partial charge in [-0.2, -0.15) is 0 Å². The topological polar surface area (TPSA) is 50.9 Å². The Morgan fingerprint density at radius 1 is 1.35 bits per heavy atom. The molecule has 1 aromatic heterocycles. The highest BCUT2D eigenvalue weighted by Gasteiger charge is 2.12. The van der Waals surface area contributed by atoms with Gasteiger partial charge in [-0.05, 0) is 19.4 Å². The fourth-order valence-corrected chi connectivity index (χ4v) is 2.65. The second-order valence-corrected chi connectivity index (χ2v) is 5.15. The summed E-state index contributed by atoms with van der Waals surface area (Å²) < 4.78 is 0. The van der Waals surface area contributed by atoms with Crippen LogP contribution in [0.3, 0.4) is 0 Å². The molecule has 90 valence electrons. The SMILES string of the molecule is Cc1nc(N)sc1C(C)NCc1ccccc1. The molecule has 0 saturated carbocycles. The van der Waals surface area contributed by atoms with Gasteiger partial charge in [0.05, 0.1) is 5.69 Å². The Balaban J connectivity index is 1.98. The molecule has 3 nitrogen and oxygen atoms in total. The van der Waals surface area contributed by atoms with Crippen molar-refractivity contribution in [1.82, 2.24) is 10.3 Å². The Morgan fingerprint density at radius 3 is 2.65 bits per heavy atom. The fraction of sp³-hybridized carbons (Fsp3) is 0.308. The number of hydrogen-bond acceptors (Lipinski definition) is 4. The van der Waals surface area contributed by atoms with Crippen LogP contribution < -0.4 is 11.1 Å². The molecule has 0 radical (unpaired) electrons. The largest absolute Gasteiger partial charge is 0.375 e. The second-order valence-electron chi connectivity index (χ2n) is 4.09. The van der Waals surface area contributed by atoms with E-state index in [0.717, 1.165) is 12.2 Å². The second kappa shape index (κ2) is 5.29. The zero-order chi connectivity index (χ0) is 12.3. The number of thiazole rings is 1. The zero-order valence-corrected chi connectivity index (χ0v) is 10.9. The first-order valence-electron chi connectivity index (χ1n) is 5.67. The molecule has 0 aliphatic heterocycles. The molecule has 0 saturated heterocycles. The van der Waals surface area contributed by atoms with E-state index in [9.17, 15) is 0 Å². The molecule has 0 bridgehead atoms. The van der Waals surface area contributed by atoms with Crippen LogP contribution in [0.1, 0.15) is 29.1 Å². The van der Waals surface area contributed by atoms with E-state index in [1.54, 1.807) is 11.3 Å². The normalized spacial score (nSPS) is 12.6. The molecule has 1 aromatic carbocycles. The van der Waals surface area contributed by atoms with Gasteiger partial charge in [0.2, 0.25) is 0 Å². The quantitative estimate of drug-likeness (QED) is 0.873. The summed E-state index contributed by atoms with van der Waals surface area (Å²) in [5, 5.41) is 4.13. The van der Waals surface area contributed by atoms with E-state index in [1.807, 2.05) is 13.0 Å². The molecule has 2 rings (SSSR count). The van der Waals surface area contributed by atoms with Crippen LogP contribution in [-0.4, -0.2) is 4.98 Å². The molecule has 0 fully saturated rings. The Hall–Kier alpha value is -1.39. The first kappa shape index (κ1) is 12.1. The van der Waals surface area contributed by atoms with Crippen LogP contribution in [0.4, 0.5) is 5.13 Å². The molecule has 0 aliphatic rings. The number of nitrogens with zero attached hydrogens (tertiary/aromatic N) is 1. The van der Waals surface area contributed by atoms with Crippen molar-refractivity contribution >= 4 is 16.5 Å². The maximum absolute atomic E-state index is 5.70. The van der Waals surface area contributed by atoms with Crippen molar-refractivity contribution in [1.29, 1.82) is 0 Å². The highest BCUT2D eigenvalue weighted by molar-refractivity contribution is 7.15. The van der Waals surface area contributed by atoms with Gasteiger partial charge in [-0.25, -0.2) is 4.98 Å². The van der Waals surface area contributed by atoms with E-state index in [4.69, 9.17) is 5.73 Å². The highest BCUT2D eigenvalue weighted by atomic mass is 32.1. The summed E-state index contributed by atoms with van der Waals surface area (Å²) in [4.78, 5) is 5.46. The van der Waals surface area contributed by atoms with E-state index < -0.39 is 0 Å². The Labute approximate surface area is 106 Å². The smallest absolute Gasteiger partial charge is 0.180 e. The minimum Gasteiger partial charge on any atom is -0.375 e. The summed E-state index contributed by atoms with van der Waals surface area (Å²) in [6.45, 7) is 5.00. The lowest BCUT2D eigenvalue weighted by atomic mass is 10.2. The zero-order valence-electron chi connectivity index (χ0n) is 10.1. The molecule has 2 aromatic rings. The molecule has 17 heavy (non-hydrogen) atoms. The lowest BCUT2D eigenvalue weighted by molar-refractivity contribution is 0.579. The monoisotopic (exact) mass is 247 g/mol. The number of nitrogens with two attached hydrogens (primary N) is 1. The van der Waals surface area contributed by atoms with Crippen LogP contribution in [-0.2, 0) is 6.54 Å². The summed E-state index contributed by atoms with van der Waals surface area (Å²) in [5.41, 5.74) is 8.02. The van der Waals surface area contributed by atoms with Crippen LogP contribution in [0.5, 0.6) is 0 Å². The van der Waals surface area contributed by atoms with Crippen LogP contribution in [0.25, 0.3) is 0 Å². The van der Waals surface area contributed by atoms with E-state index in [1.165, 1.54) is 10.4 Å². The molecular weight excluding hydrogens is 230 g/mol. The summed E-state index contributed by atoms with van der Waals surface area (Å²) in [7, 11) is 0. The Kier molecular flexibility index (Phi) is 3.76. The van der Waals surface area contributed by atoms with Gasteiger partial charge in [-0.1, -0.05) is 30.3 Å². The molecule has 4 heteroatoms. The third-order valence-electron chi connectivity index (χ3n) is 2.70. The first-order chi connectivity index (χ1) is 8.16. The van der Waals surface area contributed by atoms with Crippen LogP contribution in [0.2, 0.25) is 0 Å². The van der Waals surface area contributed by atoms with E-state index >= 15 is 0 Å². The number of rotatable bonds is 4. The molecule has 3 N–H and O–H groups in total. The lowest BCUT2D eigenvalue weighted by Crippen LogP contribution is -2.17. The summed E-state index contributed by atoms with van der Waals surface area (Å²) in [6, 6.07) is 10.7. The molecule has 1 atom stereocenters. The summed E-state index contributed by atoms with van der Waals surface area (Å²) in [6.07, 6.45) is 0. The molecule has 1 heterocycles. The van der Waals surface area contributed by atoms with Crippen molar-refractivity contribution in [3.05, 3.63) is 46.5 Å². The minimum absolute atomic E-state index is 0.282. The standard InChI is InChI=1S/C13H17N3S/c1-9(12-10(2)16-13(14)17-12)15-8-11-6-4-3-5-7-11/h3-7,9,15H,8H2,1-2H3,(H2,14,16). The maximum Gasteiger partial charge on any atom is 0.180 e. The Bertz CT molecular complexity index is 479. The fourth-order valence-electron chi connectivity index (χ4n) is 1.79. The van der Waals surface area contributed by atoms with E-state index in [-0.39, 0.29) is 6.04 Å². The summed E-state index contributed by atoms with van der Waals surface area (Å²) in [5.74, 6) is 0. The van der Waals surface area contributed by atoms with Crippen molar-refractivity contribution in [3.8, 4) is 0 Å². The van der Waals surface area contributed by atoms with Crippen molar-refractivity contribution in [3.63, 3.8) is 0 Å². The Morgan fingerprint density at radius 2 is 2.06 bits per heavy atom. The van der Waals surface area contributed by atoms with Gasteiger partial charge >= 0.3 is 0 Å². The molecule has 0 amide bonds. The van der Waals surface area contributed by atoms with Gasteiger partial charge in [0, 0.05) is 17.5 Å². The van der Waals surface area contributed by atoms with Crippen molar-refractivity contribution < 1.29 is 0 Å². The van der Waals surface area contributed by atoms with E-state index in [2.05, 4.69) is 41.5 Å². The van der Waals surface area contributed by atoms with Crippen molar-refractivity contribution in [2.75, 3.05) is 5.73 Å². The van der Waals surface area contributed by atoms with Gasteiger partial charge in [0.1, 0.15) is 0 Å². The maximum atomic E-state index is 5.70. The lowest BCUT2D eigenvalue weighted by Gasteiger charge is -2.12. The van der Waals surface area contributed by atoms with Crippen LogP contribution >= 0.6 is 11.3 Å². The van der Waals surface area contributed by atoms with Crippen molar-refractivity contribution in [2.24, 2.45) is 0 Å². The predicted octanol–water partition coefficient (Wildman–Crippen LogP) is 2.88. The average Bonchev–Trinajstić information content (AvgIpc) is 2.67. The van der Waals surface area contributed by atoms with Gasteiger partial charge in [-0.15, -0.1) is 11.3 Å². The van der Waals surface area contributed by atoms with Gasteiger partial charge in [-0.3, -0.25) is 0 Å². The molecule has 1 unspecified atom stereocenters. The number of aryl methyl sites for hydroxylation is 1.